The second kappa shape index (κ2) is 9.90. The Kier molecular flexibility index (Phi) is 7.44. The van der Waals surface area contributed by atoms with Gasteiger partial charge in [-0.2, -0.15) is 13.2 Å². The molecule has 2 heterocycles. The van der Waals surface area contributed by atoms with Gasteiger partial charge in [-0.05, 0) is 45.0 Å². The highest BCUT2D eigenvalue weighted by molar-refractivity contribution is 8.00. The lowest BCUT2D eigenvalue weighted by Gasteiger charge is -2.14. The Balaban J connectivity index is 1.99. The van der Waals surface area contributed by atoms with Crippen molar-refractivity contribution in [3.63, 3.8) is 0 Å². The molecule has 0 saturated heterocycles. The number of hydrogen-bond donors (Lipinski definition) is 0. The van der Waals surface area contributed by atoms with E-state index in [-0.39, 0.29) is 16.6 Å². The number of rotatable bonds is 7. The van der Waals surface area contributed by atoms with Crippen LogP contribution in [0, 0.1) is 13.8 Å². The van der Waals surface area contributed by atoms with Crippen LogP contribution in [0.2, 0.25) is 0 Å². The van der Waals surface area contributed by atoms with Crippen LogP contribution in [0.15, 0.2) is 40.6 Å². The van der Waals surface area contributed by atoms with Crippen molar-refractivity contribution < 1.29 is 22.7 Å². The maximum Gasteiger partial charge on any atom is 0.416 e. The van der Waals surface area contributed by atoms with E-state index in [4.69, 9.17) is 4.74 Å². The van der Waals surface area contributed by atoms with E-state index in [1.165, 1.54) is 35.6 Å². The molecule has 0 aliphatic rings. The first kappa shape index (κ1) is 24.1. The van der Waals surface area contributed by atoms with E-state index in [1.54, 1.807) is 6.92 Å². The Morgan fingerprint density at radius 2 is 1.84 bits per heavy atom. The van der Waals surface area contributed by atoms with Gasteiger partial charge in [-0.15, -0.1) is 10.2 Å². The van der Waals surface area contributed by atoms with Crippen LogP contribution < -0.4 is 0 Å². The third kappa shape index (κ3) is 5.80. The molecule has 0 N–H and O–H groups in total. The number of ether oxygens (including phenoxy) is 1. The molecule has 12 heteroatoms. The van der Waals surface area contributed by atoms with Crippen molar-refractivity contribution in [2.45, 2.75) is 48.3 Å². The molecule has 0 fully saturated rings. The topological polar surface area (TPSA) is 82.8 Å². The van der Waals surface area contributed by atoms with Crippen LogP contribution in [0.1, 0.15) is 29.7 Å². The number of carbonyl (C=O) groups is 1. The molecule has 0 aliphatic heterocycles. The second-order valence-corrected chi connectivity index (χ2v) is 9.04. The van der Waals surface area contributed by atoms with Crippen molar-refractivity contribution in [2.75, 3.05) is 7.11 Å². The standard InChI is InChI=1S/C20H20F3N5O2S2/c1-11-8-12(2)25-18(24-11)31-10-16-26-27-19(32-13(3)17(29)30-4)28(16)15-7-5-6-14(9-15)20(21,22)23/h5-9,13H,10H2,1-4H3/t13-/m1/s1. The third-order valence-corrected chi connectivity index (χ3v) is 6.10. The molecule has 3 rings (SSSR count). The number of methoxy groups -OCH3 is 1. The lowest BCUT2D eigenvalue weighted by atomic mass is 10.2. The first-order valence-electron chi connectivity index (χ1n) is 9.40. The summed E-state index contributed by atoms with van der Waals surface area (Å²) in [6, 6.07) is 6.72. The maximum atomic E-state index is 13.3. The number of thioether (sulfide) groups is 2. The Bertz CT molecular complexity index is 1100. The highest BCUT2D eigenvalue weighted by Crippen LogP contribution is 2.33. The maximum absolute atomic E-state index is 13.3. The molecular formula is C20H20F3N5O2S2. The van der Waals surface area contributed by atoms with Crippen molar-refractivity contribution in [2.24, 2.45) is 0 Å². The van der Waals surface area contributed by atoms with E-state index in [2.05, 4.69) is 20.2 Å². The van der Waals surface area contributed by atoms with Gasteiger partial charge in [-0.3, -0.25) is 9.36 Å². The number of carbonyl (C=O) groups excluding carboxylic acids is 1. The van der Waals surface area contributed by atoms with E-state index in [1.807, 2.05) is 19.9 Å². The summed E-state index contributed by atoms with van der Waals surface area (Å²) in [5, 5.41) is 8.46. The fraction of sp³-hybridized carbons (Fsp3) is 0.350. The monoisotopic (exact) mass is 483 g/mol. The van der Waals surface area contributed by atoms with Crippen molar-refractivity contribution in [3.05, 3.63) is 53.1 Å². The Labute approximate surface area is 191 Å². The predicted molar refractivity (Wildman–Crippen MR) is 115 cm³/mol. The molecule has 0 unspecified atom stereocenters. The van der Waals surface area contributed by atoms with Crippen LogP contribution in [-0.4, -0.2) is 43.1 Å². The molecular weight excluding hydrogens is 463 g/mol. The second-order valence-electron chi connectivity index (χ2n) is 6.79. The lowest BCUT2D eigenvalue weighted by molar-refractivity contribution is -0.139. The summed E-state index contributed by atoms with van der Waals surface area (Å²) in [5.74, 6) is 0.184. The van der Waals surface area contributed by atoms with Gasteiger partial charge in [0.2, 0.25) is 0 Å². The average Bonchev–Trinajstić information content (AvgIpc) is 3.12. The molecule has 0 spiro atoms. The molecule has 0 amide bonds. The lowest BCUT2D eigenvalue weighted by Crippen LogP contribution is -2.16. The number of esters is 1. The third-order valence-electron chi connectivity index (χ3n) is 4.24. The molecule has 32 heavy (non-hydrogen) atoms. The van der Waals surface area contributed by atoms with Crippen molar-refractivity contribution in [3.8, 4) is 5.69 Å². The van der Waals surface area contributed by atoms with Crippen LogP contribution in [0.5, 0.6) is 0 Å². The van der Waals surface area contributed by atoms with Crippen molar-refractivity contribution >= 4 is 29.5 Å². The van der Waals surface area contributed by atoms with Gasteiger partial charge in [0, 0.05) is 11.4 Å². The van der Waals surface area contributed by atoms with Crippen LogP contribution in [0.3, 0.4) is 0 Å². The Hall–Kier alpha value is -2.60. The Morgan fingerprint density at radius 1 is 1.16 bits per heavy atom. The number of alkyl halides is 3. The quantitative estimate of drug-likeness (QED) is 0.273. The molecule has 7 nitrogen and oxygen atoms in total. The zero-order chi connectivity index (χ0) is 23.5. The van der Waals surface area contributed by atoms with Gasteiger partial charge in [0.15, 0.2) is 10.3 Å². The van der Waals surface area contributed by atoms with Crippen molar-refractivity contribution in [1.82, 2.24) is 24.7 Å². The van der Waals surface area contributed by atoms with Gasteiger partial charge in [-0.1, -0.05) is 29.6 Å². The molecule has 0 saturated carbocycles. The van der Waals surface area contributed by atoms with Crippen molar-refractivity contribution in [1.29, 1.82) is 0 Å². The minimum absolute atomic E-state index is 0.237. The first-order valence-corrected chi connectivity index (χ1v) is 11.3. The van der Waals surface area contributed by atoms with Gasteiger partial charge in [0.05, 0.1) is 24.1 Å². The number of halogens is 3. The molecule has 1 atom stereocenters. The smallest absolute Gasteiger partial charge is 0.416 e. The van der Waals surface area contributed by atoms with E-state index < -0.39 is 23.0 Å². The van der Waals surface area contributed by atoms with Gasteiger partial charge >= 0.3 is 12.1 Å². The molecule has 0 aliphatic carbocycles. The largest absolute Gasteiger partial charge is 0.468 e. The minimum Gasteiger partial charge on any atom is -0.468 e. The first-order chi connectivity index (χ1) is 15.1. The van der Waals surface area contributed by atoms with E-state index in [0.717, 1.165) is 35.3 Å². The number of nitrogens with zero attached hydrogens (tertiary/aromatic N) is 5. The van der Waals surface area contributed by atoms with Crippen LogP contribution >= 0.6 is 23.5 Å². The highest BCUT2D eigenvalue weighted by atomic mass is 32.2. The number of benzene rings is 1. The number of hydrogen-bond acceptors (Lipinski definition) is 8. The van der Waals surface area contributed by atoms with Gasteiger partial charge in [0.25, 0.3) is 0 Å². The van der Waals surface area contributed by atoms with Crippen LogP contribution in [-0.2, 0) is 21.5 Å². The zero-order valence-corrected chi connectivity index (χ0v) is 19.3. The van der Waals surface area contributed by atoms with Gasteiger partial charge in [-0.25, -0.2) is 9.97 Å². The van der Waals surface area contributed by atoms with E-state index in [0.29, 0.717) is 11.0 Å². The number of aryl methyl sites for hydroxylation is 2. The average molecular weight is 484 g/mol. The Morgan fingerprint density at radius 3 is 2.47 bits per heavy atom. The molecule has 0 radical (unpaired) electrons. The fourth-order valence-corrected chi connectivity index (χ4v) is 4.59. The number of aromatic nitrogens is 5. The molecule has 2 aromatic heterocycles. The van der Waals surface area contributed by atoms with Gasteiger partial charge < -0.3 is 4.74 Å². The zero-order valence-electron chi connectivity index (χ0n) is 17.7. The van der Waals surface area contributed by atoms with Gasteiger partial charge in [0.1, 0.15) is 11.1 Å². The molecule has 1 aromatic carbocycles. The molecule has 0 bridgehead atoms. The van der Waals surface area contributed by atoms with Crippen LogP contribution in [0.4, 0.5) is 13.2 Å². The predicted octanol–water partition coefficient (Wildman–Crippen LogP) is 4.64. The van der Waals surface area contributed by atoms with E-state index in [9.17, 15) is 18.0 Å². The minimum atomic E-state index is -4.50. The van der Waals surface area contributed by atoms with Crippen LogP contribution in [0.25, 0.3) is 5.69 Å². The summed E-state index contributed by atoms with van der Waals surface area (Å²) in [6.07, 6.45) is -4.50. The summed E-state index contributed by atoms with van der Waals surface area (Å²) in [7, 11) is 1.27. The summed E-state index contributed by atoms with van der Waals surface area (Å²) < 4.78 is 46.1. The molecule has 3 aromatic rings. The summed E-state index contributed by atoms with van der Waals surface area (Å²) in [4.78, 5) is 20.6. The highest BCUT2D eigenvalue weighted by Gasteiger charge is 2.31. The molecule has 170 valence electrons. The summed E-state index contributed by atoms with van der Waals surface area (Å²) >= 11 is 2.35. The fourth-order valence-electron chi connectivity index (χ4n) is 2.81. The normalized spacial score (nSPS) is 12.6. The SMILES string of the molecule is COC(=O)[C@@H](C)Sc1nnc(CSc2nc(C)cc(C)n2)n1-c1cccc(C(F)(F)F)c1. The van der Waals surface area contributed by atoms with E-state index >= 15 is 0 Å². The summed E-state index contributed by atoms with van der Waals surface area (Å²) in [5.41, 5.74) is 1.06. The summed E-state index contributed by atoms with van der Waals surface area (Å²) in [6.45, 7) is 5.33.